The standard InChI is InChI=1S/C58H56N4O4P2/c1-36(2)41-28-47-55(53(29-41)65-67(59-32-37(3)43-20-12-16-24-49(43)59)60-33-38(4)44-21-13-17-25-50(44)60)64-56-48(58(47,10)11)30-42(57(7,8)9)31-54(56)66-68(63,61-34-39(5)45-22-14-18-26-51(45)61)62-35-40(6)46-23-15-19-27-52(46)62/h12-35H,1H2,2-11H3. The minimum absolute atomic E-state index is 0.306. The van der Waals surface area contributed by atoms with Gasteiger partial charge < -0.3 is 13.8 Å². The minimum Gasteiger partial charge on any atom is -0.449 e. The lowest BCUT2D eigenvalue weighted by Crippen LogP contribution is -2.27. The van der Waals surface area contributed by atoms with Crippen molar-refractivity contribution >= 4 is 65.3 Å². The maximum Gasteiger partial charge on any atom is 0.457 e. The Morgan fingerprint density at radius 2 is 1.03 bits per heavy atom. The summed E-state index contributed by atoms with van der Waals surface area (Å²) < 4.78 is 47.4. The summed E-state index contributed by atoms with van der Waals surface area (Å²) in [6, 6.07) is 41.7. The van der Waals surface area contributed by atoms with Gasteiger partial charge in [0.1, 0.15) is 0 Å². The van der Waals surface area contributed by atoms with Gasteiger partial charge in [0.2, 0.25) is 0 Å². The quantitative estimate of drug-likeness (QED) is 0.135. The maximum absolute atomic E-state index is 16.8. The summed E-state index contributed by atoms with van der Waals surface area (Å²) >= 11 is 0. The summed E-state index contributed by atoms with van der Waals surface area (Å²) in [5, 5.41) is 4.34. The van der Waals surface area contributed by atoms with Crippen LogP contribution in [0.3, 0.4) is 0 Å². The van der Waals surface area contributed by atoms with Crippen LogP contribution in [-0.4, -0.2) is 17.4 Å². The predicted molar refractivity (Wildman–Crippen MR) is 283 cm³/mol. The fourth-order valence-electron chi connectivity index (χ4n) is 10.0. The van der Waals surface area contributed by atoms with Crippen LogP contribution in [0, 0.1) is 27.7 Å². The van der Waals surface area contributed by atoms with Gasteiger partial charge in [-0.2, -0.15) is 0 Å². The maximum atomic E-state index is 16.8. The molecule has 0 radical (unpaired) electrons. The summed E-state index contributed by atoms with van der Waals surface area (Å²) in [6.07, 6.45) is 8.32. The van der Waals surface area contributed by atoms with Gasteiger partial charge in [-0.25, -0.2) is 13.2 Å². The number of aromatic nitrogens is 4. The van der Waals surface area contributed by atoms with E-state index in [9.17, 15) is 0 Å². The molecule has 0 unspecified atom stereocenters. The largest absolute Gasteiger partial charge is 0.457 e. The number of fused-ring (bicyclic) bond motifs is 6. The van der Waals surface area contributed by atoms with E-state index in [1.165, 1.54) is 0 Å². The lowest BCUT2D eigenvalue weighted by Gasteiger charge is -2.38. The van der Waals surface area contributed by atoms with Crippen LogP contribution in [0.25, 0.3) is 49.2 Å². The molecule has 0 aliphatic carbocycles. The fraction of sp³-hybridized carbons (Fsp3) is 0.207. The molecule has 1 aliphatic heterocycles. The summed E-state index contributed by atoms with van der Waals surface area (Å²) in [5.41, 5.74) is 11.9. The van der Waals surface area contributed by atoms with Crippen LogP contribution >= 0.6 is 16.1 Å². The molecule has 5 heterocycles. The van der Waals surface area contributed by atoms with Crippen LogP contribution in [0.2, 0.25) is 0 Å². The van der Waals surface area contributed by atoms with Crippen LogP contribution in [-0.2, 0) is 15.4 Å². The zero-order valence-electron chi connectivity index (χ0n) is 40.4. The Morgan fingerprint density at radius 1 is 0.603 bits per heavy atom. The molecule has 0 saturated heterocycles. The van der Waals surface area contributed by atoms with E-state index in [4.69, 9.17) is 13.8 Å². The van der Waals surface area contributed by atoms with E-state index in [1.54, 1.807) is 0 Å². The van der Waals surface area contributed by atoms with Crippen LogP contribution < -0.4 is 13.8 Å². The van der Waals surface area contributed by atoms with Crippen LogP contribution in [0.5, 0.6) is 23.0 Å². The van der Waals surface area contributed by atoms with Gasteiger partial charge in [0.05, 0.1) is 22.1 Å². The molecule has 4 aromatic heterocycles. The molecule has 1 aliphatic rings. The average Bonchev–Trinajstić information content (AvgIpc) is 4.06. The van der Waals surface area contributed by atoms with Crippen molar-refractivity contribution in [3.8, 4) is 23.0 Å². The van der Waals surface area contributed by atoms with Crippen LogP contribution in [0.1, 0.15) is 86.1 Å². The van der Waals surface area contributed by atoms with E-state index in [-0.39, 0.29) is 5.41 Å². The third-order valence-electron chi connectivity index (χ3n) is 13.9. The van der Waals surface area contributed by atoms with Gasteiger partial charge in [0, 0.05) is 62.9 Å². The Bertz CT molecular complexity index is 3600. The van der Waals surface area contributed by atoms with E-state index in [0.717, 1.165) is 93.7 Å². The summed E-state index contributed by atoms with van der Waals surface area (Å²) in [4.78, 5) is 0. The van der Waals surface area contributed by atoms with E-state index in [0.29, 0.717) is 23.0 Å². The monoisotopic (exact) mass is 934 g/mol. The molecule has 68 heavy (non-hydrogen) atoms. The molecule has 0 N–H and O–H groups in total. The van der Waals surface area contributed by atoms with Gasteiger partial charge in [-0.3, -0.25) is 8.68 Å². The zero-order chi connectivity index (χ0) is 47.6. The Balaban J connectivity index is 1.15. The highest BCUT2D eigenvalue weighted by molar-refractivity contribution is 7.56. The third-order valence-corrected chi connectivity index (χ3v) is 17.8. The van der Waals surface area contributed by atoms with E-state index >= 15 is 4.57 Å². The van der Waals surface area contributed by atoms with Gasteiger partial charge in [-0.05, 0) is 116 Å². The van der Waals surface area contributed by atoms with Crippen molar-refractivity contribution < 1.29 is 18.3 Å². The molecule has 0 amide bonds. The first-order chi connectivity index (χ1) is 32.4. The smallest absolute Gasteiger partial charge is 0.449 e. The number of ether oxygens (including phenoxy) is 1. The number of nitrogens with zero attached hydrogens (tertiary/aromatic N) is 4. The Hall–Kier alpha value is -6.72. The summed E-state index contributed by atoms with van der Waals surface area (Å²) in [7, 11) is -5.74. The van der Waals surface area contributed by atoms with Crippen molar-refractivity contribution in [3.05, 3.63) is 197 Å². The highest BCUT2D eigenvalue weighted by atomic mass is 31.2. The first kappa shape index (κ1) is 43.8. The first-order valence-corrected chi connectivity index (χ1v) is 25.9. The Labute approximate surface area is 399 Å². The number of hydrogen-bond donors (Lipinski definition) is 0. The van der Waals surface area contributed by atoms with Crippen molar-refractivity contribution in [3.63, 3.8) is 0 Å². The van der Waals surface area contributed by atoms with Gasteiger partial charge in [-0.15, -0.1) is 0 Å². The number of benzene rings is 6. The fourth-order valence-corrected chi connectivity index (χ4v) is 14.3. The second kappa shape index (κ2) is 15.7. The number of hydrogen-bond acceptors (Lipinski definition) is 4. The van der Waals surface area contributed by atoms with E-state index in [2.05, 4.69) is 169 Å². The number of allylic oxidation sites excluding steroid dienone is 1. The van der Waals surface area contributed by atoms with Gasteiger partial charge in [-0.1, -0.05) is 126 Å². The van der Waals surface area contributed by atoms with Crippen molar-refractivity contribution in [2.75, 3.05) is 0 Å². The number of rotatable bonds is 9. The van der Waals surface area contributed by atoms with Crippen molar-refractivity contribution in [1.29, 1.82) is 0 Å². The van der Waals surface area contributed by atoms with E-state index in [1.807, 2.05) is 70.5 Å². The minimum atomic E-state index is -4.11. The van der Waals surface area contributed by atoms with Gasteiger partial charge in [0.25, 0.3) is 0 Å². The molecule has 8 nitrogen and oxygen atoms in total. The highest BCUT2D eigenvalue weighted by Crippen LogP contribution is 2.62. The molecule has 6 aromatic carbocycles. The zero-order valence-corrected chi connectivity index (χ0v) is 42.2. The molecule has 0 spiro atoms. The van der Waals surface area contributed by atoms with Crippen molar-refractivity contribution in [2.45, 2.75) is 80.1 Å². The molecule has 0 saturated carbocycles. The predicted octanol–water partition coefficient (Wildman–Crippen LogP) is 16.8. The Morgan fingerprint density at radius 3 is 1.51 bits per heavy atom. The molecular formula is C58H56N4O4P2. The molecule has 10 heteroatoms. The van der Waals surface area contributed by atoms with Crippen molar-refractivity contribution in [2.24, 2.45) is 0 Å². The van der Waals surface area contributed by atoms with Gasteiger partial charge in [0.15, 0.2) is 23.0 Å². The lowest BCUT2D eigenvalue weighted by atomic mass is 9.73. The lowest BCUT2D eigenvalue weighted by molar-refractivity contribution is 0.376. The Kier molecular flexibility index (Phi) is 10.1. The average molecular weight is 935 g/mol. The topological polar surface area (TPSA) is 64.5 Å². The first-order valence-electron chi connectivity index (χ1n) is 23.2. The molecule has 0 atom stereocenters. The van der Waals surface area contributed by atoms with Gasteiger partial charge >= 0.3 is 16.1 Å². The molecule has 11 rings (SSSR count). The second-order valence-corrected chi connectivity index (χ2v) is 23.7. The third kappa shape index (κ3) is 6.78. The van der Waals surface area contributed by atoms with Crippen LogP contribution in [0.4, 0.5) is 0 Å². The molecule has 10 aromatic rings. The van der Waals surface area contributed by atoms with E-state index < -0.39 is 21.5 Å². The number of para-hydroxylation sites is 4. The highest BCUT2D eigenvalue weighted by Gasteiger charge is 2.43. The van der Waals surface area contributed by atoms with Crippen molar-refractivity contribution in [1.82, 2.24) is 17.4 Å². The molecule has 0 bridgehead atoms. The SMILES string of the molecule is C=C(C)c1cc(OP(n2cc(C)c3ccccc32)n2cc(C)c3ccccc32)c2c(c1)C(C)(C)c1cc(C(C)(C)C)cc(OP(=O)(n3cc(C)c4ccccc43)n3cc(C)c4ccccc43)c1O2. The van der Waals surface area contributed by atoms with Crippen LogP contribution in [0.15, 0.2) is 153 Å². The molecule has 342 valence electrons. The molecular weight excluding hydrogens is 879 g/mol. The summed E-state index contributed by atoms with van der Waals surface area (Å²) in [6.45, 7) is 25.9. The molecule has 0 fully saturated rings. The summed E-state index contributed by atoms with van der Waals surface area (Å²) in [5.74, 6) is 2.04. The normalized spacial score (nSPS) is 13.6. The second-order valence-electron chi connectivity index (χ2n) is 20.1. The number of aryl methyl sites for hydroxylation is 4.